The molecule has 1 aromatic heterocycles. The number of aromatic nitrogens is 2. The summed E-state index contributed by atoms with van der Waals surface area (Å²) in [7, 11) is 0. The molecule has 29 heavy (non-hydrogen) atoms. The summed E-state index contributed by atoms with van der Waals surface area (Å²) in [6.07, 6.45) is -0.689. The maximum Gasteiger partial charge on any atom is 0.410 e. The van der Waals surface area contributed by atoms with E-state index in [0.717, 1.165) is 40.4 Å². The quantitative estimate of drug-likeness (QED) is 0.645. The summed E-state index contributed by atoms with van der Waals surface area (Å²) in [5, 5.41) is 7.22. The summed E-state index contributed by atoms with van der Waals surface area (Å²) in [4.78, 5) is 14.6. The molecule has 1 fully saturated rings. The minimum atomic E-state index is -4.46. The van der Waals surface area contributed by atoms with Gasteiger partial charge in [0, 0.05) is 30.0 Å². The lowest BCUT2D eigenvalue weighted by Crippen LogP contribution is -2.36. The average Bonchev–Trinajstić information content (AvgIpc) is 2.92. The zero-order chi connectivity index (χ0) is 20.6. The van der Waals surface area contributed by atoms with Gasteiger partial charge in [0.05, 0.1) is 6.04 Å². The molecule has 2 atom stereocenters. The molecule has 3 heterocycles. The first-order chi connectivity index (χ1) is 13.8. The molecule has 1 aromatic carbocycles. The molecule has 5 nitrogen and oxygen atoms in total. The number of halogens is 4. The van der Waals surface area contributed by atoms with E-state index in [4.69, 9.17) is 0 Å². The lowest BCUT2D eigenvalue weighted by Gasteiger charge is -2.33. The molecular weight excluding hydrogens is 449 g/mol. The number of nitrogens with one attached hydrogen (secondary N) is 1. The Balaban J connectivity index is 1.64. The fourth-order valence-corrected chi connectivity index (χ4v) is 4.29. The van der Waals surface area contributed by atoms with Crippen LogP contribution in [0.15, 0.2) is 34.8 Å². The third-order valence-electron chi connectivity index (χ3n) is 5.57. The molecule has 2 aromatic rings. The van der Waals surface area contributed by atoms with Gasteiger partial charge in [0.1, 0.15) is 5.82 Å². The maximum atomic E-state index is 13.8. The monoisotopic (exact) mass is 470 g/mol. The zero-order valence-corrected chi connectivity index (χ0v) is 17.3. The molecule has 0 unspecified atom stereocenters. The Morgan fingerprint density at radius 1 is 1.10 bits per heavy atom. The van der Waals surface area contributed by atoms with Crippen LogP contribution in [0, 0.1) is 0 Å². The van der Waals surface area contributed by atoms with Crippen LogP contribution in [0.2, 0.25) is 0 Å². The van der Waals surface area contributed by atoms with Crippen molar-refractivity contribution < 1.29 is 18.0 Å². The molecular formula is C20H22BrF3N4O. The second-order valence-electron chi connectivity index (χ2n) is 7.61. The number of anilines is 1. The van der Waals surface area contributed by atoms with Crippen LogP contribution in [0.1, 0.15) is 60.2 Å². The number of hydrogen-bond donors (Lipinski definition) is 1. The van der Waals surface area contributed by atoms with Gasteiger partial charge in [0.15, 0.2) is 11.7 Å². The molecule has 0 aliphatic carbocycles. The first-order valence-corrected chi connectivity index (χ1v) is 10.6. The summed E-state index contributed by atoms with van der Waals surface area (Å²) in [5.41, 5.74) is 0.829. The second kappa shape index (κ2) is 8.01. The highest BCUT2D eigenvalue weighted by molar-refractivity contribution is 9.10. The highest BCUT2D eigenvalue weighted by Crippen LogP contribution is 2.43. The van der Waals surface area contributed by atoms with Crippen LogP contribution in [0.4, 0.5) is 19.0 Å². The predicted octanol–water partition coefficient (Wildman–Crippen LogP) is 5.32. The van der Waals surface area contributed by atoms with Gasteiger partial charge in [0.2, 0.25) is 0 Å². The lowest BCUT2D eigenvalue weighted by atomic mass is 9.97. The number of carbonyl (C=O) groups is 1. The van der Waals surface area contributed by atoms with Gasteiger partial charge in [-0.15, -0.1) is 0 Å². The van der Waals surface area contributed by atoms with Crippen molar-refractivity contribution in [1.82, 2.24) is 14.7 Å². The molecule has 2 aliphatic heterocycles. The average molecular weight is 471 g/mol. The van der Waals surface area contributed by atoms with Gasteiger partial charge in [-0.3, -0.25) is 4.79 Å². The molecule has 4 rings (SSSR count). The first kappa shape index (κ1) is 20.3. The largest absolute Gasteiger partial charge is 0.410 e. The SMILES string of the molecule is O=C(c1cc2n(n1)[C@@H](C(F)(F)F)C[C@@H](c1ccc(Br)cc1)N2)N1CCCCCC1. The van der Waals surface area contributed by atoms with Gasteiger partial charge in [-0.2, -0.15) is 18.3 Å². The van der Waals surface area contributed by atoms with Crippen molar-refractivity contribution >= 4 is 27.7 Å². The van der Waals surface area contributed by atoms with E-state index in [9.17, 15) is 18.0 Å². The molecule has 0 spiro atoms. The third-order valence-corrected chi connectivity index (χ3v) is 6.10. The minimum absolute atomic E-state index is 0.0695. The molecule has 1 N–H and O–H groups in total. The van der Waals surface area contributed by atoms with Crippen molar-refractivity contribution in [3.8, 4) is 0 Å². The highest BCUT2D eigenvalue weighted by atomic mass is 79.9. The van der Waals surface area contributed by atoms with Crippen LogP contribution in [0.25, 0.3) is 0 Å². The number of hydrogen-bond acceptors (Lipinski definition) is 3. The van der Waals surface area contributed by atoms with E-state index in [-0.39, 0.29) is 23.8 Å². The molecule has 2 aliphatic rings. The van der Waals surface area contributed by atoms with Crippen LogP contribution < -0.4 is 5.32 Å². The first-order valence-electron chi connectivity index (χ1n) is 9.80. The summed E-state index contributed by atoms with van der Waals surface area (Å²) in [5.74, 6) is -0.0682. The Labute approximate surface area is 175 Å². The number of alkyl halides is 3. The number of rotatable bonds is 2. The number of carbonyl (C=O) groups excluding carboxylic acids is 1. The van der Waals surface area contributed by atoms with Crippen LogP contribution in [0.5, 0.6) is 0 Å². The standard InChI is InChI=1S/C20H22BrF3N4O/c21-14-7-5-13(6-8-14)15-11-17(20(22,23)24)28-18(25-15)12-16(26-28)19(29)27-9-3-1-2-4-10-27/h5-8,12,15,17,25H,1-4,9-11H2/t15-,17+/m0/s1. The van der Waals surface area contributed by atoms with Gasteiger partial charge >= 0.3 is 6.18 Å². The molecule has 9 heteroatoms. The van der Waals surface area contributed by atoms with Crippen LogP contribution in [-0.2, 0) is 0 Å². The van der Waals surface area contributed by atoms with Crippen molar-refractivity contribution in [2.75, 3.05) is 18.4 Å². The smallest absolute Gasteiger partial charge is 0.363 e. The van der Waals surface area contributed by atoms with Crippen molar-refractivity contribution in [2.45, 2.75) is 50.4 Å². The normalized spacial score (nSPS) is 22.6. The maximum absolute atomic E-state index is 13.8. The lowest BCUT2D eigenvalue weighted by molar-refractivity contribution is -0.173. The highest BCUT2D eigenvalue weighted by Gasteiger charge is 2.47. The number of benzene rings is 1. The summed E-state index contributed by atoms with van der Waals surface area (Å²) in [6.45, 7) is 1.25. The zero-order valence-electron chi connectivity index (χ0n) is 15.8. The Hall–Kier alpha value is -2.03. The van der Waals surface area contributed by atoms with Crippen molar-refractivity contribution in [3.63, 3.8) is 0 Å². The number of fused-ring (bicyclic) bond motifs is 1. The number of nitrogens with zero attached hydrogens (tertiary/aromatic N) is 3. The van der Waals surface area contributed by atoms with Gasteiger partial charge in [-0.1, -0.05) is 40.9 Å². The van der Waals surface area contributed by atoms with Crippen LogP contribution in [-0.4, -0.2) is 39.9 Å². The Bertz CT molecular complexity index is 873. The van der Waals surface area contributed by atoms with Gasteiger partial charge in [0.25, 0.3) is 5.91 Å². The van der Waals surface area contributed by atoms with Crippen molar-refractivity contribution in [1.29, 1.82) is 0 Å². The van der Waals surface area contributed by atoms with Gasteiger partial charge < -0.3 is 10.2 Å². The predicted molar refractivity (Wildman–Crippen MR) is 107 cm³/mol. The molecule has 0 saturated carbocycles. The van der Waals surface area contributed by atoms with Crippen molar-refractivity contribution in [3.05, 3.63) is 46.1 Å². The topological polar surface area (TPSA) is 50.2 Å². The van der Waals surface area contributed by atoms with E-state index < -0.39 is 18.3 Å². The van der Waals surface area contributed by atoms with E-state index in [1.165, 1.54) is 6.07 Å². The summed E-state index contributed by atoms with van der Waals surface area (Å²) < 4.78 is 43.2. The molecule has 0 radical (unpaired) electrons. The fourth-order valence-electron chi connectivity index (χ4n) is 4.03. The fraction of sp³-hybridized carbons (Fsp3) is 0.500. The Morgan fingerprint density at radius 2 is 1.76 bits per heavy atom. The minimum Gasteiger partial charge on any atom is -0.363 e. The van der Waals surface area contributed by atoms with Crippen LogP contribution in [0.3, 0.4) is 0 Å². The second-order valence-corrected chi connectivity index (χ2v) is 8.52. The van der Waals surface area contributed by atoms with E-state index in [2.05, 4.69) is 26.3 Å². The molecule has 0 bridgehead atoms. The summed E-state index contributed by atoms with van der Waals surface area (Å²) >= 11 is 3.34. The molecule has 1 saturated heterocycles. The van der Waals surface area contributed by atoms with Crippen LogP contribution >= 0.6 is 15.9 Å². The van der Waals surface area contributed by atoms with Gasteiger partial charge in [-0.05, 0) is 30.5 Å². The van der Waals surface area contributed by atoms with E-state index in [1.807, 2.05) is 0 Å². The molecule has 156 valence electrons. The van der Waals surface area contributed by atoms with E-state index >= 15 is 0 Å². The third kappa shape index (κ3) is 4.29. The Morgan fingerprint density at radius 3 is 2.38 bits per heavy atom. The van der Waals surface area contributed by atoms with E-state index in [1.54, 1.807) is 29.2 Å². The molecule has 1 amide bonds. The van der Waals surface area contributed by atoms with E-state index in [0.29, 0.717) is 13.1 Å². The Kier molecular flexibility index (Phi) is 5.59. The number of amides is 1. The van der Waals surface area contributed by atoms with Crippen molar-refractivity contribution in [2.24, 2.45) is 0 Å². The summed E-state index contributed by atoms with van der Waals surface area (Å²) in [6, 6.07) is 6.36. The van der Waals surface area contributed by atoms with Gasteiger partial charge in [-0.25, -0.2) is 4.68 Å². The number of likely N-dealkylation sites (tertiary alicyclic amines) is 1.